The van der Waals surface area contributed by atoms with Gasteiger partial charge in [-0.1, -0.05) is 0 Å². The molecule has 0 aliphatic rings. The van der Waals surface area contributed by atoms with E-state index in [4.69, 9.17) is 5.26 Å². The number of nitrogens with zero attached hydrogens (tertiary/aromatic N) is 1. The van der Waals surface area contributed by atoms with Gasteiger partial charge in [0, 0.05) is 5.69 Å². The van der Waals surface area contributed by atoms with Crippen molar-refractivity contribution in [3.63, 3.8) is 0 Å². The highest BCUT2D eigenvalue weighted by Gasteiger charge is 2.09. The first kappa shape index (κ1) is 12.9. The van der Waals surface area contributed by atoms with Gasteiger partial charge < -0.3 is 10.1 Å². The highest BCUT2D eigenvalue weighted by Crippen LogP contribution is 2.28. The molecule has 96 valence electrons. The number of phenolic OH excluding ortho intramolecular Hbond substituents is 1. The smallest absolute Gasteiger partial charge is 0.266 e. The van der Waals surface area contributed by atoms with Gasteiger partial charge in [-0.25, -0.2) is 0 Å². The van der Waals surface area contributed by atoms with Crippen molar-refractivity contribution in [2.75, 3.05) is 0 Å². The van der Waals surface area contributed by atoms with E-state index < -0.39 is 0 Å². The summed E-state index contributed by atoms with van der Waals surface area (Å²) in [4.78, 5) is 14.5. The number of aromatic amines is 1. The Labute approximate surface area is 111 Å². The molecule has 0 aliphatic heterocycles. The number of aryl methyl sites for hydroxylation is 3. The van der Waals surface area contributed by atoms with Gasteiger partial charge in [-0.2, -0.15) is 5.26 Å². The average Bonchev–Trinajstić information content (AvgIpc) is 2.35. The third kappa shape index (κ3) is 2.23. The number of benzene rings is 1. The molecule has 0 spiro atoms. The van der Waals surface area contributed by atoms with Crippen LogP contribution in [0.15, 0.2) is 23.0 Å². The van der Waals surface area contributed by atoms with Gasteiger partial charge in [-0.15, -0.1) is 0 Å². The normalized spacial score (nSPS) is 10.2. The molecule has 2 rings (SSSR count). The van der Waals surface area contributed by atoms with Crippen LogP contribution in [-0.2, 0) is 0 Å². The Balaban J connectivity index is 2.68. The van der Waals surface area contributed by atoms with E-state index in [1.807, 2.05) is 6.07 Å². The van der Waals surface area contributed by atoms with E-state index in [1.165, 1.54) is 0 Å². The van der Waals surface area contributed by atoms with E-state index in [0.29, 0.717) is 11.3 Å². The number of rotatable bonds is 1. The average molecular weight is 254 g/mol. The second-order valence-electron chi connectivity index (χ2n) is 4.64. The van der Waals surface area contributed by atoms with E-state index in [1.54, 1.807) is 39.0 Å². The van der Waals surface area contributed by atoms with Crippen LogP contribution >= 0.6 is 0 Å². The minimum Gasteiger partial charge on any atom is -0.507 e. The maximum Gasteiger partial charge on any atom is 0.266 e. The lowest BCUT2D eigenvalue weighted by Gasteiger charge is -2.09. The van der Waals surface area contributed by atoms with Crippen molar-refractivity contribution in [2.45, 2.75) is 20.8 Å². The second-order valence-corrected chi connectivity index (χ2v) is 4.64. The predicted molar refractivity (Wildman–Crippen MR) is 73.1 cm³/mol. The Bertz CT molecular complexity index is 729. The summed E-state index contributed by atoms with van der Waals surface area (Å²) in [6.45, 7) is 5.35. The molecule has 0 saturated heterocycles. The first-order chi connectivity index (χ1) is 8.93. The van der Waals surface area contributed by atoms with Gasteiger partial charge in [-0.05, 0) is 61.2 Å². The van der Waals surface area contributed by atoms with Crippen LogP contribution in [0.1, 0.15) is 22.3 Å². The lowest BCUT2D eigenvalue weighted by molar-refractivity contribution is 0.467. The minimum atomic E-state index is -0.388. The Morgan fingerprint density at radius 3 is 2.16 bits per heavy atom. The number of pyridine rings is 1. The first-order valence-electron chi connectivity index (χ1n) is 5.88. The number of H-pyrrole nitrogens is 1. The zero-order chi connectivity index (χ0) is 14.2. The van der Waals surface area contributed by atoms with Crippen LogP contribution in [0.2, 0.25) is 0 Å². The van der Waals surface area contributed by atoms with Crippen LogP contribution in [0.25, 0.3) is 11.3 Å². The highest BCUT2D eigenvalue weighted by atomic mass is 16.3. The number of aromatic hydroxyl groups is 1. The van der Waals surface area contributed by atoms with Gasteiger partial charge in [0.05, 0.1) is 0 Å². The highest BCUT2D eigenvalue weighted by molar-refractivity contribution is 5.65. The summed E-state index contributed by atoms with van der Waals surface area (Å²) in [5.74, 6) is 0.261. The zero-order valence-corrected chi connectivity index (χ0v) is 11.0. The maximum atomic E-state index is 11.8. The summed E-state index contributed by atoms with van der Waals surface area (Å²) in [5, 5.41) is 18.6. The van der Waals surface area contributed by atoms with Crippen molar-refractivity contribution >= 4 is 0 Å². The topological polar surface area (TPSA) is 76.9 Å². The van der Waals surface area contributed by atoms with E-state index in [-0.39, 0.29) is 16.9 Å². The van der Waals surface area contributed by atoms with Crippen molar-refractivity contribution in [1.29, 1.82) is 5.26 Å². The zero-order valence-electron chi connectivity index (χ0n) is 11.0. The molecule has 2 N–H and O–H groups in total. The Hall–Kier alpha value is -2.54. The summed E-state index contributed by atoms with van der Waals surface area (Å²) in [5.41, 5.74) is 3.35. The van der Waals surface area contributed by atoms with Crippen LogP contribution in [0.5, 0.6) is 5.75 Å². The van der Waals surface area contributed by atoms with Crippen molar-refractivity contribution in [1.82, 2.24) is 4.98 Å². The fraction of sp³-hybridized carbons (Fsp3) is 0.200. The van der Waals surface area contributed by atoms with Crippen molar-refractivity contribution in [3.05, 3.63) is 50.8 Å². The second kappa shape index (κ2) is 4.62. The van der Waals surface area contributed by atoms with Crippen LogP contribution < -0.4 is 5.56 Å². The molecule has 1 aromatic heterocycles. The van der Waals surface area contributed by atoms with Crippen LogP contribution in [0, 0.1) is 32.1 Å². The number of nitrogens with one attached hydrogen (secondary N) is 1. The molecule has 0 amide bonds. The molecule has 0 atom stereocenters. The largest absolute Gasteiger partial charge is 0.507 e. The SMILES string of the molecule is Cc1cc(-c2cc(C)c(C#N)c(=O)[nH]2)cc(C)c1O. The Morgan fingerprint density at radius 2 is 1.68 bits per heavy atom. The molecule has 0 bridgehead atoms. The van der Waals surface area contributed by atoms with E-state index in [2.05, 4.69) is 4.98 Å². The van der Waals surface area contributed by atoms with Crippen LogP contribution in [0.3, 0.4) is 0 Å². The van der Waals surface area contributed by atoms with Gasteiger partial charge in [0.1, 0.15) is 17.4 Å². The number of aromatic nitrogens is 1. The van der Waals surface area contributed by atoms with E-state index >= 15 is 0 Å². The molecular weight excluding hydrogens is 240 g/mol. The van der Waals surface area contributed by atoms with Gasteiger partial charge >= 0.3 is 0 Å². The Kier molecular flexibility index (Phi) is 3.14. The third-order valence-corrected chi connectivity index (χ3v) is 3.14. The lowest BCUT2D eigenvalue weighted by Crippen LogP contribution is -2.12. The van der Waals surface area contributed by atoms with Crippen molar-refractivity contribution in [2.24, 2.45) is 0 Å². The number of phenols is 1. The summed E-state index contributed by atoms with van der Waals surface area (Å²) < 4.78 is 0. The number of hydrogen-bond donors (Lipinski definition) is 2. The molecular formula is C15H14N2O2. The first-order valence-corrected chi connectivity index (χ1v) is 5.88. The third-order valence-electron chi connectivity index (χ3n) is 3.14. The van der Waals surface area contributed by atoms with Crippen molar-refractivity contribution < 1.29 is 5.11 Å². The molecule has 0 fully saturated rings. The number of nitriles is 1. The monoisotopic (exact) mass is 254 g/mol. The van der Waals surface area contributed by atoms with E-state index in [0.717, 1.165) is 16.7 Å². The van der Waals surface area contributed by atoms with Crippen LogP contribution in [-0.4, -0.2) is 10.1 Å². The number of hydrogen-bond acceptors (Lipinski definition) is 3. The molecule has 1 heterocycles. The van der Waals surface area contributed by atoms with Gasteiger partial charge in [0.2, 0.25) is 0 Å². The summed E-state index contributed by atoms with van der Waals surface area (Å²) in [6, 6.07) is 7.27. The molecule has 0 radical (unpaired) electrons. The lowest BCUT2D eigenvalue weighted by atomic mass is 10.0. The molecule has 2 aromatic rings. The standard InChI is InChI=1S/C15H14N2O2/c1-8-6-13(17-15(19)12(8)7-16)11-4-9(2)14(18)10(3)5-11/h4-6,18H,1-3H3,(H,17,19). The quantitative estimate of drug-likeness (QED) is 0.821. The molecule has 0 saturated carbocycles. The summed E-state index contributed by atoms with van der Waals surface area (Å²) in [7, 11) is 0. The maximum absolute atomic E-state index is 11.8. The summed E-state index contributed by atoms with van der Waals surface area (Å²) in [6.07, 6.45) is 0. The van der Waals surface area contributed by atoms with Gasteiger partial charge in [-0.3, -0.25) is 4.79 Å². The predicted octanol–water partition coefficient (Wildman–Crippen LogP) is 2.54. The molecule has 1 aromatic carbocycles. The molecule has 0 aliphatic carbocycles. The fourth-order valence-electron chi connectivity index (χ4n) is 2.09. The molecule has 4 heteroatoms. The molecule has 0 unspecified atom stereocenters. The summed E-state index contributed by atoms with van der Waals surface area (Å²) >= 11 is 0. The minimum absolute atomic E-state index is 0.135. The molecule has 19 heavy (non-hydrogen) atoms. The Morgan fingerprint density at radius 1 is 1.11 bits per heavy atom. The van der Waals surface area contributed by atoms with Gasteiger partial charge in [0.25, 0.3) is 5.56 Å². The fourth-order valence-corrected chi connectivity index (χ4v) is 2.09. The van der Waals surface area contributed by atoms with Crippen molar-refractivity contribution in [3.8, 4) is 23.1 Å². The van der Waals surface area contributed by atoms with E-state index in [9.17, 15) is 9.90 Å². The van der Waals surface area contributed by atoms with Crippen LogP contribution in [0.4, 0.5) is 0 Å². The van der Waals surface area contributed by atoms with Gasteiger partial charge in [0.15, 0.2) is 0 Å². The molecule has 4 nitrogen and oxygen atoms in total.